The summed E-state index contributed by atoms with van der Waals surface area (Å²) in [6.07, 6.45) is 0.925. The van der Waals surface area contributed by atoms with Crippen molar-refractivity contribution in [1.29, 1.82) is 0 Å². The maximum absolute atomic E-state index is 10.7. The second-order valence-corrected chi connectivity index (χ2v) is 3.27. The van der Waals surface area contributed by atoms with Crippen LogP contribution >= 0.6 is 0 Å². The standard InChI is InChI=1S/C9H17NO4/c1-2-10-8(9(11)12)6-14-7-3-4-13-5-7/h7-8,10H,2-6H2,1H3,(H,11,12). The van der Waals surface area contributed by atoms with Crippen molar-refractivity contribution in [2.75, 3.05) is 26.4 Å². The first-order valence-corrected chi connectivity index (χ1v) is 4.89. The molecule has 2 atom stereocenters. The third kappa shape index (κ3) is 3.61. The van der Waals surface area contributed by atoms with Gasteiger partial charge in [-0.2, -0.15) is 0 Å². The van der Waals surface area contributed by atoms with E-state index in [1.807, 2.05) is 6.92 Å². The van der Waals surface area contributed by atoms with E-state index in [1.54, 1.807) is 0 Å². The van der Waals surface area contributed by atoms with Crippen LogP contribution in [-0.2, 0) is 14.3 Å². The summed E-state index contributed by atoms with van der Waals surface area (Å²) < 4.78 is 10.5. The van der Waals surface area contributed by atoms with E-state index < -0.39 is 12.0 Å². The van der Waals surface area contributed by atoms with Gasteiger partial charge in [-0.25, -0.2) is 0 Å². The molecule has 5 nitrogen and oxygen atoms in total. The molecular formula is C9H17NO4. The van der Waals surface area contributed by atoms with Gasteiger partial charge in [-0.3, -0.25) is 4.79 Å². The van der Waals surface area contributed by atoms with Crippen LogP contribution in [-0.4, -0.2) is 49.6 Å². The molecule has 1 rings (SSSR count). The van der Waals surface area contributed by atoms with Gasteiger partial charge in [0.15, 0.2) is 0 Å². The Morgan fingerprint density at radius 1 is 1.79 bits per heavy atom. The van der Waals surface area contributed by atoms with E-state index in [0.29, 0.717) is 19.8 Å². The molecule has 0 aromatic rings. The zero-order valence-electron chi connectivity index (χ0n) is 8.36. The lowest BCUT2D eigenvalue weighted by Crippen LogP contribution is -2.41. The average Bonchev–Trinajstić information content (AvgIpc) is 2.64. The van der Waals surface area contributed by atoms with Crippen molar-refractivity contribution < 1.29 is 19.4 Å². The fourth-order valence-electron chi connectivity index (χ4n) is 1.34. The molecular weight excluding hydrogens is 186 g/mol. The molecule has 0 amide bonds. The molecule has 82 valence electrons. The molecule has 1 aliphatic heterocycles. The van der Waals surface area contributed by atoms with Gasteiger partial charge in [0.1, 0.15) is 6.04 Å². The van der Waals surface area contributed by atoms with Crippen molar-refractivity contribution >= 4 is 5.97 Å². The van der Waals surface area contributed by atoms with Gasteiger partial charge in [0.05, 0.1) is 19.3 Å². The summed E-state index contributed by atoms with van der Waals surface area (Å²) in [7, 11) is 0. The Morgan fingerprint density at radius 3 is 3.07 bits per heavy atom. The minimum Gasteiger partial charge on any atom is -0.480 e. The van der Waals surface area contributed by atoms with Gasteiger partial charge in [-0.1, -0.05) is 6.92 Å². The number of carboxylic acid groups (broad SMARTS) is 1. The minimum atomic E-state index is -0.870. The molecule has 0 aromatic heterocycles. The SMILES string of the molecule is CCNC(COC1CCOC1)C(=O)O. The zero-order valence-corrected chi connectivity index (χ0v) is 8.36. The number of hydrogen-bond donors (Lipinski definition) is 2. The Bertz CT molecular complexity index is 180. The van der Waals surface area contributed by atoms with Gasteiger partial charge in [-0.15, -0.1) is 0 Å². The number of aliphatic carboxylic acids is 1. The summed E-state index contributed by atoms with van der Waals surface area (Å²) in [5, 5.41) is 11.6. The van der Waals surface area contributed by atoms with Gasteiger partial charge < -0.3 is 19.9 Å². The van der Waals surface area contributed by atoms with E-state index in [4.69, 9.17) is 14.6 Å². The Kier molecular flexibility index (Phi) is 4.86. The molecule has 2 unspecified atom stereocenters. The Hall–Kier alpha value is -0.650. The fourth-order valence-corrected chi connectivity index (χ4v) is 1.34. The van der Waals surface area contributed by atoms with E-state index >= 15 is 0 Å². The first-order valence-electron chi connectivity index (χ1n) is 4.89. The van der Waals surface area contributed by atoms with Gasteiger partial charge in [0.2, 0.25) is 0 Å². The molecule has 0 saturated carbocycles. The number of carbonyl (C=O) groups is 1. The van der Waals surface area contributed by atoms with Gasteiger partial charge in [0.25, 0.3) is 0 Å². The normalized spacial score (nSPS) is 23.6. The van der Waals surface area contributed by atoms with Gasteiger partial charge in [-0.05, 0) is 13.0 Å². The molecule has 0 bridgehead atoms. The number of hydrogen-bond acceptors (Lipinski definition) is 4. The smallest absolute Gasteiger partial charge is 0.323 e. The van der Waals surface area contributed by atoms with Crippen LogP contribution in [0.25, 0.3) is 0 Å². The Morgan fingerprint density at radius 2 is 2.57 bits per heavy atom. The van der Waals surface area contributed by atoms with Crippen LogP contribution in [0.15, 0.2) is 0 Å². The fraction of sp³-hybridized carbons (Fsp3) is 0.889. The first-order chi connectivity index (χ1) is 6.74. The highest BCUT2D eigenvalue weighted by molar-refractivity contribution is 5.73. The van der Waals surface area contributed by atoms with Crippen LogP contribution < -0.4 is 5.32 Å². The van der Waals surface area contributed by atoms with E-state index in [9.17, 15) is 4.79 Å². The summed E-state index contributed by atoms with van der Waals surface area (Å²) in [5.74, 6) is -0.870. The topological polar surface area (TPSA) is 67.8 Å². The number of likely N-dealkylation sites (N-methyl/N-ethyl adjacent to an activating group) is 1. The van der Waals surface area contributed by atoms with Crippen molar-refractivity contribution in [3.63, 3.8) is 0 Å². The molecule has 2 N–H and O–H groups in total. The second-order valence-electron chi connectivity index (χ2n) is 3.27. The van der Waals surface area contributed by atoms with E-state index in [1.165, 1.54) is 0 Å². The highest BCUT2D eigenvalue weighted by Crippen LogP contribution is 2.08. The molecule has 0 aliphatic carbocycles. The minimum absolute atomic E-state index is 0.0653. The van der Waals surface area contributed by atoms with Crippen LogP contribution in [0.3, 0.4) is 0 Å². The molecule has 0 spiro atoms. The summed E-state index contributed by atoms with van der Waals surface area (Å²) in [6, 6.07) is -0.611. The van der Waals surface area contributed by atoms with Crippen LogP contribution in [0, 0.1) is 0 Å². The predicted molar refractivity (Wildman–Crippen MR) is 50.3 cm³/mol. The van der Waals surface area contributed by atoms with Crippen LogP contribution in [0.1, 0.15) is 13.3 Å². The summed E-state index contributed by atoms with van der Waals surface area (Å²) >= 11 is 0. The van der Waals surface area contributed by atoms with Gasteiger partial charge >= 0.3 is 5.97 Å². The van der Waals surface area contributed by atoms with Crippen LogP contribution in [0.4, 0.5) is 0 Å². The van der Waals surface area contributed by atoms with Gasteiger partial charge in [0, 0.05) is 6.61 Å². The van der Waals surface area contributed by atoms with E-state index in [2.05, 4.69) is 5.32 Å². The first kappa shape index (κ1) is 11.4. The predicted octanol–water partition coefficient (Wildman–Crippen LogP) is -0.145. The largest absolute Gasteiger partial charge is 0.480 e. The van der Waals surface area contributed by atoms with E-state index in [0.717, 1.165) is 6.42 Å². The summed E-state index contributed by atoms with van der Waals surface area (Å²) in [6.45, 7) is 4.00. The average molecular weight is 203 g/mol. The molecule has 1 saturated heterocycles. The quantitative estimate of drug-likeness (QED) is 0.628. The summed E-state index contributed by atoms with van der Waals surface area (Å²) in [4.78, 5) is 10.7. The lowest BCUT2D eigenvalue weighted by Gasteiger charge is -2.16. The molecule has 0 radical (unpaired) electrons. The number of rotatable bonds is 6. The molecule has 5 heteroatoms. The molecule has 1 heterocycles. The van der Waals surface area contributed by atoms with E-state index in [-0.39, 0.29) is 12.7 Å². The summed E-state index contributed by atoms with van der Waals surface area (Å²) in [5.41, 5.74) is 0. The molecule has 1 fully saturated rings. The lowest BCUT2D eigenvalue weighted by molar-refractivity contribution is -0.141. The van der Waals surface area contributed by atoms with Crippen molar-refractivity contribution in [2.45, 2.75) is 25.5 Å². The Labute approximate surface area is 83.4 Å². The van der Waals surface area contributed by atoms with Crippen LogP contribution in [0.5, 0.6) is 0 Å². The number of ether oxygens (including phenoxy) is 2. The third-order valence-corrected chi connectivity index (χ3v) is 2.14. The molecule has 1 aliphatic rings. The van der Waals surface area contributed by atoms with Crippen molar-refractivity contribution in [2.24, 2.45) is 0 Å². The van der Waals surface area contributed by atoms with Crippen molar-refractivity contribution in [3.05, 3.63) is 0 Å². The number of nitrogens with one attached hydrogen (secondary N) is 1. The Balaban J connectivity index is 2.21. The monoisotopic (exact) mass is 203 g/mol. The highest BCUT2D eigenvalue weighted by atomic mass is 16.5. The number of carboxylic acids is 1. The van der Waals surface area contributed by atoms with Crippen LogP contribution in [0.2, 0.25) is 0 Å². The zero-order chi connectivity index (χ0) is 10.4. The van der Waals surface area contributed by atoms with Crippen molar-refractivity contribution in [1.82, 2.24) is 5.32 Å². The second kappa shape index (κ2) is 5.95. The maximum Gasteiger partial charge on any atom is 0.323 e. The third-order valence-electron chi connectivity index (χ3n) is 2.14. The lowest BCUT2D eigenvalue weighted by atomic mass is 10.3. The van der Waals surface area contributed by atoms with Crippen molar-refractivity contribution in [3.8, 4) is 0 Å². The molecule has 0 aromatic carbocycles. The maximum atomic E-state index is 10.7. The highest BCUT2D eigenvalue weighted by Gasteiger charge is 2.21. The molecule has 14 heavy (non-hydrogen) atoms.